The summed E-state index contributed by atoms with van der Waals surface area (Å²) >= 11 is 0. The maximum Gasteiger partial charge on any atom is 0.241 e. The summed E-state index contributed by atoms with van der Waals surface area (Å²) in [5, 5.41) is 2.93. The van der Waals surface area contributed by atoms with E-state index >= 15 is 0 Å². The highest BCUT2D eigenvalue weighted by molar-refractivity contribution is 7.92. The summed E-state index contributed by atoms with van der Waals surface area (Å²) in [5.74, 6) is 0.366. The van der Waals surface area contributed by atoms with Crippen LogP contribution in [0.5, 0.6) is 0 Å². The first kappa shape index (κ1) is 23.1. The van der Waals surface area contributed by atoms with Crippen LogP contribution in [0.25, 0.3) is 0 Å². The molecule has 0 bridgehead atoms. The summed E-state index contributed by atoms with van der Waals surface area (Å²) in [6, 6.07) is 15.1. The van der Waals surface area contributed by atoms with Crippen molar-refractivity contribution in [1.29, 1.82) is 0 Å². The number of amides is 1. The first-order valence-corrected chi connectivity index (χ1v) is 12.7. The Morgan fingerprint density at radius 2 is 1.81 bits per heavy atom. The predicted octanol–water partition coefficient (Wildman–Crippen LogP) is 3.87. The smallest absolute Gasteiger partial charge is 0.241 e. The molecule has 6 nitrogen and oxygen atoms in total. The lowest BCUT2D eigenvalue weighted by atomic mass is 9.99. The molecule has 0 saturated carbocycles. The normalized spacial score (nSPS) is 17.8. The van der Waals surface area contributed by atoms with E-state index in [1.807, 2.05) is 38.1 Å². The number of piperidine rings is 1. The van der Waals surface area contributed by atoms with Crippen molar-refractivity contribution in [3.8, 4) is 0 Å². The van der Waals surface area contributed by atoms with Crippen LogP contribution in [-0.2, 0) is 14.8 Å². The molecule has 1 saturated heterocycles. The third-order valence-electron chi connectivity index (χ3n) is 5.80. The molecule has 3 rings (SSSR count). The number of nitrogens with zero attached hydrogens (tertiary/aromatic N) is 2. The second-order valence-corrected chi connectivity index (χ2v) is 10.6. The molecule has 0 aromatic heterocycles. The lowest BCUT2D eigenvalue weighted by Gasteiger charge is -2.33. The summed E-state index contributed by atoms with van der Waals surface area (Å²) < 4.78 is 25.7. The van der Waals surface area contributed by atoms with E-state index in [2.05, 4.69) is 29.3 Å². The lowest BCUT2D eigenvalue weighted by Crippen LogP contribution is -2.41. The molecule has 2 aromatic rings. The van der Waals surface area contributed by atoms with Crippen LogP contribution in [0.1, 0.15) is 43.9 Å². The van der Waals surface area contributed by atoms with Crippen LogP contribution in [0.4, 0.5) is 11.4 Å². The zero-order valence-electron chi connectivity index (χ0n) is 18.8. The van der Waals surface area contributed by atoms with Gasteiger partial charge in [-0.3, -0.25) is 9.10 Å². The van der Waals surface area contributed by atoms with E-state index in [1.54, 1.807) is 12.1 Å². The Morgan fingerprint density at radius 1 is 1.16 bits per heavy atom. The first-order chi connectivity index (χ1) is 14.6. The fourth-order valence-electron chi connectivity index (χ4n) is 4.01. The second kappa shape index (κ2) is 9.73. The molecular weight excluding hydrogens is 410 g/mol. The van der Waals surface area contributed by atoms with Crippen molar-refractivity contribution in [1.82, 2.24) is 5.32 Å². The van der Waals surface area contributed by atoms with E-state index in [9.17, 15) is 13.2 Å². The number of anilines is 2. The van der Waals surface area contributed by atoms with Gasteiger partial charge in [-0.05, 0) is 62.4 Å². The van der Waals surface area contributed by atoms with Gasteiger partial charge in [0.1, 0.15) is 6.54 Å². The Kier molecular flexibility index (Phi) is 7.26. The highest BCUT2D eigenvalue weighted by Crippen LogP contribution is 2.25. The number of nitrogens with one attached hydrogen (secondary N) is 1. The molecule has 0 aliphatic carbocycles. The minimum atomic E-state index is -3.58. The number of hydrogen-bond acceptors (Lipinski definition) is 4. The molecule has 1 aliphatic rings. The van der Waals surface area contributed by atoms with Gasteiger partial charge in [-0.15, -0.1) is 0 Å². The quantitative estimate of drug-likeness (QED) is 0.705. The van der Waals surface area contributed by atoms with E-state index < -0.39 is 10.0 Å². The highest BCUT2D eigenvalue weighted by atomic mass is 32.2. The summed E-state index contributed by atoms with van der Waals surface area (Å²) in [7, 11) is -3.58. The van der Waals surface area contributed by atoms with Gasteiger partial charge < -0.3 is 10.2 Å². The van der Waals surface area contributed by atoms with Gasteiger partial charge in [0.15, 0.2) is 0 Å². The SMILES string of the molecule is Cc1ccc(N(CC(=O)N[C@H](C)c2ccc(N3CCC[C@H](C)C3)cc2)S(C)(=O)=O)cc1. The highest BCUT2D eigenvalue weighted by Gasteiger charge is 2.22. The third kappa shape index (κ3) is 6.23. The van der Waals surface area contributed by atoms with Gasteiger partial charge in [-0.1, -0.05) is 36.8 Å². The second-order valence-electron chi connectivity index (χ2n) is 8.68. The van der Waals surface area contributed by atoms with Gasteiger partial charge in [0.25, 0.3) is 0 Å². The van der Waals surface area contributed by atoms with Crippen LogP contribution in [-0.4, -0.2) is 40.2 Å². The standard InChI is InChI=1S/C24H33N3O3S/c1-18-7-11-23(12-8-18)27(31(4,29)30)17-24(28)25-20(3)21-9-13-22(14-10-21)26-15-5-6-19(2)16-26/h7-14,19-20H,5-6,15-17H2,1-4H3,(H,25,28)/t19-,20+/m0/s1. The van der Waals surface area contributed by atoms with E-state index in [0.717, 1.165) is 34.8 Å². The van der Waals surface area contributed by atoms with Crippen molar-refractivity contribution in [2.24, 2.45) is 5.92 Å². The largest absolute Gasteiger partial charge is 0.371 e. The van der Waals surface area contributed by atoms with E-state index in [-0.39, 0.29) is 18.5 Å². The van der Waals surface area contributed by atoms with E-state index in [4.69, 9.17) is 0 Å². The topological polar surface area (TPSA) is 69.7 Å². The van der Waals surface area contributed by atoms with Gasteiger partial charge in [-0.2, -0.15) is 0 Å². The van der Waals surface area contributed by atoms with Crippen LogP contribution < -0.4 is 14.5 Å². The first-order valence-electron chi connectivity index (χ1n) is 10.8. The maximum absolute atomic E-state index is 12.6. The summed E-state index contributed by atoms with van der Waals surface area (Å²) in [6.07, 6.45) is 3.61. The van der Waals surface area contributed by atoms with Crippen molar-refractivity contribution < 1.29 is 13.2 Å². The van der Waals surface area contributed by atoms with Crippen molar-refractivity contribution >= 4 is 27.3 Å². The number of aryl methyl sites for hydroxylation is 1. The summed E-state index contributed by atoms with van der Waals surface area (Å²) in [5.41, 5.74) is 3.70. The number of carbonyl (C=O) groups excluding carboxylic acids is 1. The zero-order valence-corrected chi connectivity index (χ0v) is 19.7. The molecule has 1 amide bonds. The number of sulfonamides is 1. The van der Waals surface area contributed by atoms with Gasteiger partial charge in [0.2, 0.25) is 15.9 Å². The molecule has 0 radical (unpaired) electrons. The van der Waals surface area contributed by atoms with E-state index in [0.29, 0.717) is 11.6 Å². The minimum Gasteiger partial charge on any atom is -0.371 e. The van der Waals surface area contributed by atoms with Crippen LogP contribution in [0, 0.1) is 12.8 Å². The molecule has 1 fully saturated rings. The molecule has 1 aliphatic heterocycles. The van der Waals surface area contributed by atoms with Crippen LogP contribution in [0.2, 0.25) is 0 Å². The molecule has 168 valence electrons. The average Bonchev–Trinajstić information content (AvgIpc) is 2.72. The number of rotatable bonds is 7. The van der Waals surface area contributed by atoms with Crippen molar-refractivity contribution in [2.75, 3.05) is 35.1 Å². The minimum absolute atomic E-state index is 0.221. The molecule has 31 heavy (non-hydrogen) atoms. The molecule has 0 spiro atoms. The van der Waals surface area contributed by atoms with Crippen molar-refractivity contribution in [3.63, 3.8) is 0 Å². The molecule has 2 aromatic carbocycles. The molecular formula is C24H33N3O3S. The monoisotopic (exact) mass is 443 g/mol. The number of hydrogen-bond donors (Lipinski definition) is 1. The molecule has 1 heterocycles. The van der Waals surface area contributed by atoms with Crippen LogP contribution in [0.3, 0.4) is 0 Å². The predicted molar refractivity (Wildman–Crippen MR) is 127 cm³/mol. The maximum atomic E-state index is 12.6. The average molecular weight is 444 g/mol. The van der Waals surface area contributed by atoms with Crippen LogP contribution in [0.15, 0.2) is 48.5 Å². The van der Waals surface area contributed by atoms with E-state index in [1.165, 1.54) is 18.5 Å². The van der Waals surface area contributed by atoms with Gasteiger partial charge in [0.05, 0.1) is 18.0 Å². The van der Waals surface area contributed by atoms with Gasteiger partial charge in [0, 0.05) is 18.8 Å². The Labute approximate surface area is 186 Å². The lowest BCUT2D eigenvalue weighted by molar-refractivity contribution is -0.120. The van der Waals surface area contributed by atoms with Crippen molar-refractivity contribution in [3.05, 3.63) is 59.7 Å². The van der Waals surface area contributed by atoms with Gasteiger partial charge >= 0.3 is 0 Å². The third-order valence-corrected chi connectivity index (χ3v) is 6.94. The molecule has 7 heteroatoms. The van der Waals surface area contributed by atoms with Crippen LogP contribution >= 0.6 is 0 Å². The molecule has 0 unspecified atom stereocenters. The Hall–Kier alpha value is -2.54. The molecule has 1 N–H and O–H groups in total. The Morgan fingerprint density at radius 3 is 2.39 bits per heavy atom. The summed E-state index contributed by atoms with van der Waals surface area (Å²) in [6.45, 7) is 8.03. The fraction of sp³-hybridized carbons (Fsp3) is 0.458. The Bertz CT molecular complexity index is 988. The zero-order chi connectivity index (χ0) is 22.6. The Balaban J connectivity index is 1.64. The molecule has 2 atom stereocenters. The number of benzene rings is 2. The van der Waals surface area contributed by atoms with Gasteiger partial charge in [-0.25, -0.2) is 8.42 Å². The summed E-state index contributed by atoms with van der Waals surface area (Å²) in [4.78, 5) is 15.1. The number of carbonyl (C=O) groups is 1. The fourth-order valence-corrected chi connectivity index (χ4v) is 4.87. The van der Waals surface area contributed by atoms with Crippen molar-refractivity contribution in [2.45, 2.75) is 39.7 Å².